The van der Waals surface area contributed by atoms with Gasteiger partial charge in [0.1, 0.15) is 0 Å². The molecular formula is C14H24N2O3. The Morgan fingerprint density at radius 1 is 1.11 bits per heavy atom. The van der Waals surface area contributed by atoms with Crippen molar-refractivity contribution in [1.29, 1.82) is 0 Å². The van der Waals surface area contributed by atoms with E-state index in [1.165, 1.54) is 6.42 Å². The number of rotatable bonds is 5. The van der Waals surface area contributed by atoms with Crippen molar-refractivity contribution in [2.24, 2.45) is 23.7 Å². The Balaban J connectivity index is 1.67. The first-order valence-corrected chi connectivity index (χ1v) is 7.32. The standard InChI is InChI=1S/C14H24N2O3/c1-9-6-11(9)8-16-14(19)15-7-10-4-2-3-5-12(10)13(17)18/h9-12H,2-8H2,1H3,(H,17,18)(H2,15,16,19). The van der Waals surface area contributed by atoms with Crippen molar-refractivity contribution in [2.45, 2.75) is 39.0 Å². The van der Waals surface area contributed by atoms with Gasteiger partial charge in [0.25, 0.3) is 0 Å². The average molecular weight is 268 g/mol. The van der Waals surface area contributed by atoms with Crippen LogP contribution in [0.5, 0.6) is 0 Å². The first kappa shape index (κ1) is 14.2. The molecule has 5 nitrogen and oxygen atoms in total. The molecule has 5 heteroatoms. The van der Waals surface area contributed by atoms with Gasteiger partial charge in [0.15, 0.2) is 0 Å². The van der Waals surface area contributed by atoms with Gasteiger partial charge in [-0.25, -0.2) is 4.79 Å². The van der Waals surface area contributed by atoms with E-state index >= 15 is 0 Å². The predicted octanol–water partition coefficient (Wildman–Crippen LogP) is 1.83. The number of amides is 2. The summed E-state index contributed by atoms with van der Waals surface area (Å²) in [4.78, 5) is 22.8. The maximum Gasteiger partial charge on any atom is 0.314 e. The van der Waals surface area contributed by atoms with Crippen LogP contribution in [0.1, 0.15) is 39.0 Å². The van der Waals surface area contributed by atoms with Crippen LogP contribution in [-0.4, -0.2) is 30.2 Å². The Morgan fingerprint density at radius 2 is 1.68 bits per heavy atom. The Kier molecular flexibility index (Phi) is 4.66. The third-order valence-electron chi connectivity index (χ3n) is 4.55. The fourth-order valence-electron chi connectivity index (χ4n) is 2.97. The first-order valence-electron chi connectivity index (χ1n) is 7.32. The Labute approximate surface area is 114 Å². The molecule has 0 heterocycles. The van der Waals surface area contributed by atoms with Gasteiger partial charge < -0.3 is 15.7 Å². The molecule has 3 N–H and O–H groups in total. The predicted molar refractivity (Wildman–Crippen MR) is 71.8 cm³/mol. The van der Waals surface area contributed by atoms with Gasteiger partial charge in [-0.1, -0.05) is 19.8 Å². The molecule has 108 valence electrons. The number of hydrogen-bond acceptors (Lipinski definition) is 2. The zero-order valence-corrected chi connectivity index (χ0v) is 11.5. The molecule has 2 aliphatic carbocycles. The van der Waals surface area contributed by atoms with Crippen LogP contribution < -0.4 is 10.6 Å². The summed E-state index contributed by atoms with van der Waals surface area (Å²) < 4.78 is 0. The van der Waals surface area contributed by atoms with Crippen LogP contribution in [0.2, 0.25) is 0 Å². The van der Waals surface area contributed by atoms with E-state index in [2.05, 4.69) is 17.6 Å². The highest BCUT2D eigenvalue weighted by Gasteiger charge is 2.33. The van der Waals surface area contributed by atoms with Crippen molar-refractivity contribution < 1.29 is 14.7 Å². The van der Waals surface area contributed by atoms with Crippen LogP contribution in [0.15, 0.2) is 0 Å². The molecule has 0 bridgehead atoms. The molecule has 2 fully saturated rings. The van der Waals surface area contributed by atoms with Crippen molar-refractivity contribution >= 4 is 12.0 Å². The Bertz CT molecular complexity index is 346. The summed E-state index contributed by atoms with van der Waals surface area (Å²) in [5.41, 5.74) is 0. The number of carboxylic acids is 1. The molecule has 19 heavy (non-hydrogen) atoms. The largest absolute Gasteiger partial charge is 0.481 e. The third kappa shape index (κ3) is 4.11. The zero-order valence-electron chi connectivity index (χ0n) is 11.5. The van der Waals surface area contributed by atoms with Crippen molar-refractivity contribution in [2.75, 3.05) is 13.1 Å². The van der Waals surface area contributed by atoms with E-state index in [1.807, 2.05) is 0 Å². The Hall–Kier alpha value is -1.26. The Morgan fingerprint density at radius 3 is 2.26 bits per heavy atom. The lowest BCUT2D eigenvalue weighted by Crippen LogP contribution is -2.42. The molecule has 2 amide bonds. The third-order valence-corrected chi connectivity index (χ3v) is 4.55. The van der Waals surface area contributed by atoms with Crippen LogP contribution in [0.4, 0.5) is 4.79 Å². The molecule has 4 unspecified atom stereocenters. The fourth-order valence-corrected chi connectivity index (χ4v) is 2.97. The van der Waals surface area contributed by atoms with Crippen molar-refractivity contribution in [1.82, 2.24) is 10.6 Å². The summed E-state index contributed by atoms with van der Waals surface area (Å²) in [7, 11) is 0. The molecule has 0 aliphatic heterocycles. The molecule has 2 aliphatic rings. The van der Waals surface area contributed by atoms with Crippen molar-refractivity contribution in [3.63, 3.8) is 0 Å². The van der Waals surface area contributed by atoms with E-state index in [0.29, 0.717) is 12.5 Å². The summed E-state index contributed by atoms with van der Waals surface area (Å²) in [5, 5.41) is 14.8. The SMILES string of the molecule is CC1CC1CNC(=O)NCC1CCCCC1C(=O)O. The van der Waals surface area contributed by atoms with E-state index in [0.717, 1.165) is 38.1 Å². The number of carboxylic acid groups (broad SMARTS) is 1. The van der Waals surface area contributed by atoms with E-state index in [-0.39, 0.29) is 17.9 Å². The van der Waals surface area contributed by atoms with Crippen LogP contribution in [0.3, 0.4) is 0 Å². The number of nitrogens with one attached hydrogen (secondary N) is 2. The second kappa shape index (κ2) is 6.26. The van der Waals surface area contributed by atoms with Crippen molar-refractivity contribution in [3.05, 3.63) is 0 Å². The number of aliphatic carboxylic acids is 1. The van der Waals surface area contributed by atoms with E-state index in [9.17, 15) is 9.59 Å². The maximum absolute atomic E-state index is 11.6. The molecular weight excluding hydrogens is 244 g/mol. The average Bonchev–Trinajstić information content (AvgIpc) is 3.10. The highest BCUT2D eigenvalue weighted by atomic mass is 16.4. The van der Waals surface area contributed by atoms with Gasteiger partial charge in [0.05, 0.1) is 5.92 Å². The van der Waals surface area contributed by atoms with Gasteiger partial charge in [-0.3, -0.25) is 4.79 Å². The quantitative estimate of drug-likeness (QED) is 0.712. The highest BCUT2D eigenvalue weighted by molar-refractivity contribution is 5.74. The van der Waals surface area contributed by atoms with Gasteiger partial charge in [-0.2, -0.15) is 0 Å². The first-order chi connectivity index (χ1) is 9.08. The smallest absolute Gasteiger partial charge is 0.314 e. The van der Waals surface area contributed by atoms with Gasteiger partial charge in [0.2, 0.25) is 0 Å². The van der Waals surface area contributed by atoms with E-state index in [1.54, 1.807) is 0 Å². The number of urea groups is 1. The maximum atomic E-state index is 11.6. The van der Waals surface area contributed by atoms with Crippen LogP contribution in [-0.2, 0) is 4.79 Å². The van der Waals surface area contributed by atoms with Crippen LogP contribution in [0.25, 0.3) is 0 Å². The normalized spacial score (nSPS) is 33.5. The molecule has 4 atom stereocenters. The van der Waals surface area contributed by atoms with Gasteiger partial charge in [-0.15, -0.1) is 0 Å². The number of carbonyl (C=O) groups excluding carboxylic acids is 1. The lowest BCUT2D eigenvalue weighted by Gasteiger charge is -2.28. The summed E-state index contributed by atoms with van der Waals surface area (Å²) in [6.07, 6.45) is 4.89. The van der Waals surface area contributed by atoms with E-state index in [4.69, 9.17) is 5.11 Å². The van der Waals surface area contributed by atoms with Crippen molar-refractivity contribution in [3.8, 4) is 0 Å². The summed E-state index contributed by atoms with van der Waals surface area (Å²) >= 11 is 0. The summed E-state index contributed by atoms with van der Waals surface area (Å²) in [6.45, 7) is 3.40. The number of hydrogen-bond donors (Lipinski definition) is 3. The molecule has 0 aromatic rings. The minimum Gasteiger partial charge on any atom is -0.481 e. The van der Waals surface area contributed by atoms with Gasteiger partial charge in [-0.05, 0) is 37.0 Å². The van der Waals surface area contributed by atoms with Gasteiger partial charge in [0, 0.05) is 13.1 Å². The molecule has 0 saturated heterocycles. The summed E-state index contributed by atoms with van der Waals surface area (Å²) in [5.74, 6) is 0.426. The molecule has 0 spiro atoms. The zero-order chi connectivity index (χ0) is 13.8. The second-order valence-electron chi connectivity index (χ2n) is 6.05. The molecule has 0 aromatic heterocycles. The minimum absolute atomic E-state index is 0.0804. The van der Waals surface area contributed by atoms with E-state index < -0.39 is 5.97 Å². The minimum atomic E-state index is -0.723. The summed E-state index contributed by atoms with van der Waals surface area (Å²) in [6, 6.07) is -0.159. The van der Waals surface area contributed by atoms with Gasteiger partial charge >= 0.3 is 12.0 Å². The van der Waals surface area contributed by atoms with Crippen LogP contribution >= 0.6 is 0 Å². The second-order valence-corrected chi connectivity index (χ2v) is 6.05. The lowest BCUT2D eigenvalue weighted by molar-refractivity contribution is -0.144. The molecule has 2 saturated carbocycles. The highest BCUT2D eigenvalue weighted by Crippen LogP contribution is 2.36. The number of carbonyl (C=O) groups is 2. The monoisotopic (exact) mass is 268 g/mol. The van der Waals surface area contributed by atoms with Crippen LogP contribution in [0, 0.1) is 23.7 Å². The molecule has 0 radical (unpaired) electrons. The fraction of sp³-hybridized carbons (Fsp3) is 0.857. The molecule has 2 rings (SSSR count). The lowest BCUT2D eigenvalue weighted by atomic mass is 9.79. The topological polar surface area (TPSA) is 78.4 Å². The molecule has 0 aromatic carbocycles.